The van der Waals surface area contributed by atoms with Crippen molar-refractivity contribution in [2.75, 3.05) is 18.5 Å². The van der Waals surface area contributed by atoms with Crippen molar-refractivity contribution in [3.63, 3.8) is 0 Å². The number of hydrogen-bond acceptors (Lipinski definition) is 8. The average Bonchev–Trinajstić information content (AvgIpc) is 3.55. The number of aryl methyl sites for hydroxylation is 2. The minimum atomic E-state index is -0.995. The van der Waals surface area contributed by atoms with Gasteiger partial charge in [-0.3, -0.25) is 9.59 Å². The molecule has 5 aromatic rings. The minimum absolute atomic E-state index is 0.0743. The summed E-state index contributed by atoms with van der Waals surface area (Å²) in [6, 6.07) is 16.3. The number of fused-ring (bicyclic) bond motifs is 1. The maximum Gasteiger partial charge on any atom is 0.397 e. The highest BCUT2D eigenvalue weighted by Gasteiger charge is 2.21. The lowest BCUT2D eigenvalue weighted by Crippen LogP contribution is -2.26. The van der Waals surface area contributed by atoms with Crippen molar-refractivity contribution >= 4 is 23.2 Å². The molecule has 12 heteroatoms. The fourth-order valence-corrected chi connectivity index (χ4v) is 4.64. The molecule has 0 saturated heterocycles. The molecule has 0 aliphatic rings. The number of carbonyl (C=O) groups excluding carboxylic acids is 2. The molecule has 1 amide bonds. The summed E-state index contributed by atoms with van der Waals surface area (Å²) >= 11 is 0. The second kappa shape index (κ2) is 12.1. The number of imidazole rings is 1. The molecule has 0 aliphatic heterocycles. The van der Waals surface area contributed by atoms with Gasteiger partial charge >= 0.3 is 11.9 Å². The summed E-state index contributed by atoms with van der Waals surface area (Å²) in [5, 5.41) is 12.1. The molecule has 3 aromatic heterocycles. The van der Waals surface area contributed by atoms with Crippen LogP contribution >= 0.6 is 0 Å². The normalized spacial score (nSPS) is 11.0. The molecule has 42 heavy (non-hydrogen) atoms. The van der Waals surface area contributed by atoms with Gasteiger partial charge in [0.2, 0.25) is 0 Å². The highest BCUT2D eigenvalue weighted by molar-refractivity contribution is 6.37. The summed E-state index contributed by atoms with van der Waals surface area (Å²) in [7, 11) is 0. The number of rotatable bonds is 9. The predicted octanol–water partition coefficient (Wildman–Crippen LogP) is 4.10. The first-order valence-corrected chi connectivity index (χ1v) is 13.7. The van der Waals surface area contributed by atoms with Crippen molar-refractivity contribution in [2.45, 2.75) is 40.5 Å². The number of nitrogens with one attached hydrogen (secondary N) is 2. The van der Waals surface area contributed by atoms with Crippen molar-refractivity contribution in [1.82, 2.24) is 29.4 Å². The predicted molar refractivity (Wildman–Crippen MR) is 157 cm³/mol. The van der Waals surface area contributed by atoms with Crippen LogP contribution in [0.15, 0.2) is 59.4 Å². The zero-order valence-corrected chi connectivity index (χ0v) is 23.8. The summed E-state index contributed by atoms with van der Waals surface area (Å²) in [4.78, 5) is 45.2. The molecule has 216 valence electrons. The van der Waals surface area contributed by atoms with Crippen LogP contribution < -0.4 is 15.6 Å². The molecule has 0 radical (unpaired) electrons. The van der Waals surface area contributed by atoms with Crippen molar-refractivity contribution < 1.29 is 19.1 Å². The third kappa shape index (κ3) is 5.51. The molecule has 5 rings (SSSR count). The van der Waals surface area contributed by atoms with Gasteiger partial charge in [-0.2, -0.15) is 5.10 Å². The molecule has 0 fully saturated rings. The van der Waals surface area contributed by atoms with Gasteiger partial charge < -0.3 is 19.8 Å². The Kier molecular flexibility index (Phi) is 8.14. The van der Waals surface area contributed by atoms with Crippen LogP contribution in [0, 0.1) is 6.92 Å². The monoisotopic (exact) mass is 569 g/mol. The van der Waals surface area contributed by atoms with E-state index in [9.17, 15) is 14.4 Å². The number of aromatic nitrogens is 6. The van der Waals surface area contributed by atoms with Gasteiger partial charge in [0.15, 0.2) is 11.3 Å². The topological polar surface area (TPSA) is 145 Å². The number of hydrogen-bond donors (Lipinski definition) is 2. The first-order valence-electron chi connectivity index (χ1n) is 13.7. The maximum absolute atomic E-state index is 13.2. The third-order valence-electron chi connectivity index (χ3n) is 6.46. The number of benzene rings is 2. The Hall–Kier alpha value is -5.26. The Morgan fingerprint density at radius 2 is 1.79 bits per heavy atom. The van der Waals surface area contributed by atoms with Crippen molar-refractivity contribution in [2.24, 2.45) is 0 Å². The SMILES string of the molecule is CCCc1nc(C)c2c(=O)[nH]c(-c3cc(-c4cc(NC(=O)C(=O)OCC)n(-c5ccccc5)n4)ccc3OCC)nn12. The highest BCUT2D eigenvalue weighted by Crippen LogP contribution is 2.34. The fraction of sp³-hybridized carbons (Fsp3) is 0.267. The van der Waals surface area contributed by atoms with Crippen LogP contribution in [0.3, 0.4) is 0 Å². The molecule has 2 aromatic carbocycles. The van der Waals surface area contributed by atoms with E-state index in [1.165, 1.54) is 4.68 Å². The first-order chi connectivity index (χ1) is 20.3. The van der Waals surface area contributed by atoms with Crippen LogP contribution in [0.2, 0.25) is 0 Å². The van der Waals surface area contributed by atoms with Crippen LogP contribution in [-0.4, -0.2) is 54.5 Å². The van der Waals surface area contributed by atoms with E-state index in [2.05, 4.69) is 15.3 Å². The van der Waals surface area contributed by atoms with E-state index in [-0.39, 0.29) is 18.0 Å². The van der Waals surface area contributed by atoms with Crippen LogP contribution in [0.25, 0.3) is 33.8 Å². The van der Waals surface area contributed by atoms with Crippen molar-refractivity contribution in [3.8, 4) is 34.1 Å². The molecule has 3 heterocycles. The number of para-hydroxylation sites is 1. The van der Waals surface area contributed by atoms with E-state index in [0.29, 0.717) is 64.1 Å². The lowest BCUT2D eigenvalue weighted by molar-refractivity contribution is -0.152. The van der Waals surface area contributed by atoms with E-state index >= 15 is 0 Å². The number of H-pyrrole nitrogens is 1. The van der Waals surface area contributed by atoms with Crippen molar-refractivity contribution in [1.29, 1.82) is 0 Å². The fourth-order valence-electron chi connectivity index (χ4n) is 4.64. The Bertz CT molecular complexity index is 1820. The lowest BCUT2D eigenvalue weighted by Gasteiger charge is -2.12. The molecule has 0 atom stereocenters. The number of anilines is 1. The van der Waals surface area contributed by atoms with Gasteiger partial charge in [-0.05, 0) is 57.5 Å². The molecule has 0 unspecified atom stereocenters. The van der Waals surface area contributed by atoms with Gasteiger partial charge in [0.05, 0.1) is 35.9 Å². The van der Waals surface area contributed by atoms with Gasteiger partial charge in [-0.25, -0.2) is 19.0 Å². The first kappa shape index (κ1) is 28.3. The van der Waals surface area contributed by atoms with Gasteiger partial charge in [-0.15, -0.1) is 5.10 Å². The zero-order valence-electron chi connectivity index (χ0n) is 23.8. The molecular formula is C30H31N7O5. The van der Waals surface area contributed by atoms with Crippen LogP contribution in [-0.2, 0) is 20.7 Å². The number of ether oxygens (including phenoxy) is 2. The Labute approximate surface area is 241 Å². The summed E-state index contributed by atoms with van der Waals surface area (Å²) < 4.78 is 13.9. The number of carbonyl (C=O) groups is 2. The smallest absolute Gasteiger partial charge is 0.397 e. The quantitative estimate of drug-likeness (QED) is 0.199. The molecule has 0 saturated carbocycles. The molecule has 0 spiro atoms. The minimum Gasteiger partial charge on any atom is -0.493 e. The summed E-state index contributed by atoms with van der Waals surface area (Å²) in [6.45, 7) is 7.80. The van der Waals surface area contributed by atoms with E-state index in [1.807, 2.05) is 56.3 Å². The van der Waals surface area contributed by atoms with Crippen LogP contribution in [0.4, 0.5) is 5.82 Å². The number of aromatic amines is 1. The second-order valence-corrected chi connectivity index (χ2v) is 9.41. The molecule has 0 bridgehead atoms. The molecule has 0 aliphatic carbocycles. The third-order valence-corrected chi connectivity index (χ3v) is 6.46. The largest absolute Gasteiger partial charge is 0.493 e. The van der Waals surface area contributed by atoms with E-state index in [0.717, 1.165) is 6.42 Å². The Morgan fingerprint density at radius 3 is 2.50 bits per heavy atom. The number of esters is 1. The highest BCUT2D eigenvalue weighted by atomic mass is 16.5. The van der Waals surface area contributed by atoms with Gasteiger partial charge in [0.25, 0.3) is 5.56 Å². The van der Waals surface area contributed by atoms with Gasteiger partial charge in [0.1, 0.15) is 17.4 Å². The number of nitrogens with zero attached hydrogens (tertiary/aromatic N) is 5. The van der Waals surface area contributed by atoms with Crippen LogP contribution in [0.5, 0.6) is 5.75 Å². The summed E-state index contributed by atoms with van der Waals surface area (Å²) in [6.07, 6.45) is 1.52. The van der Waals surface area contributed by atoms with Crippen molar-refractivity contribution in [3.05, 3.63) is 76.5 Å². The maximum atomic E-state index is 13.2. The standard InChI is InChI=1S/C30H31N7O5/c1-5-11-24-31-18(4)26-28(38)33-27(35-37(24)26)21-16-19(14-15-23(21)41-6-2)22-17-25(32-29(39)30(40)42-7-3)36(34-22)20-12-9-8-10-13-20/h8-10,12-17H,5-7,11H2,1-4H3,(H,32,39)(H,33,35,38). The van der Waals surface area contributed by atoms with E-state index < -0.39 is 11.9 Å². The zero-order chi connectivity index (χ0) is 29.8. The Balaban J connectivity index is 1.64. The summed E-state index contributed by atoms with van der Waals surface area (Å²) in [5.74, 6) is -0.0973. The average molecular weight is 570 g/mol. The summed E-state index contributed by atoms with van der Waals surface area (Å²) in [5.41, 5.74) is 3.08. The second-order valence-electron chi connectivity index (χ2n) is 9.41. The molecular weight excluding hydrogens is 538 g/mol. The van der Waals surface area contributed by atoms with Gasteiger partial charge in [0, 0.05) is 18.1 Å². The lowest BCUT2D eigenvalue weighted by atomic mass is 10.1. The van der Waals surface area contributed by atoms with E-state index in [1.54, 1.807) is 30.5 Å². The van der Waals surface area contributed by atoms with Crippen LogP contribution in [0.1, 0.15) is 38.7 Å². The van der Waals surface area contributed by atoms with E-state index in [4.69, 9.17) is 19.7 Å². The van der Waals surface area contributed by atoms with Gasteiger partial charge in [-0.1, -0.05) is 25.1 Å². The Morgan fingerprint density at radius 1 is 1.00 bits per heavy atom. The molecule has 2 N–H and O–H groups in total. The molecule has 12 nitrogen and oxygen atoms in total. The number of amides is 1.